The Bertz CT molecular complexity index is 459. The zero-order valence-corrected chi connectivity index (χ0v) is 9.00. The molecule has 0 amide bonds. The van der Waals surface area contributed by atoms with Gasteiger partial charge in [0.25, 0.3) is 5.89 Å². The van der Waals surface area contributed by atoms with Gasteiger partial charge in [-0.25, -0.2) is 0 Å². The summed E-state index contributed by atoms with van der Waals surface area (Å²) in [4.78, 5) is 4.21. The smallest absolute Gasteiger partial charge is 0.293 e. The third-order valence-electron chi connectivity index (χ3n) is 2.04. The van der Waals surface area contributed by atoms with Crippen molar-refractivity contribution >= 4 is 0 Å². The molecule has 0 aliphatic carbocycles. The molecule has 0 atom stereocenters. The van der Waals surface area contributed by atoms with Gasteiger partial charge in [-0.2, -0.15) is 4.98 Å². The highest BCUT2D eigenvalue weighted by Gasteiger charge is 2.15. The maximum absolute atomic E-state index is 5.48. The number of nitrogens with one attached hydrogen (secondary N) is 1. The van der Waals surface area contributed by atoms with Crippen LogP contribution in [0.1, 0.15) is 17.1 Å². The maximum Gasteiger partial charge on any atom is 0.293 e. The lowest BCUT2D eigenvalue weighted by molar-refractivity contribution is 0.405. The minimum absolute atomic E-state index is 0.436. The molecule has 0 saturated carbocycles. The minimum atomic E-state index is 0.436. The van der Waals surface area contributed by atoms with Crippen molar-refractivity contribution in [3.05, 3.63) is 23.2 Å². The molecule has 0 radical (unpaired) electrons. The van der Waals surface area contributed by atoms with Gasteiger partial charge < -0.3 is 14.3 Å². The van der Waals surface area contributed by atoms with Crippen molar-refractivity contribution in [2.45, 2.75) is 20.4 Å². The summed E-state index contributed by atoms with van der Waals surface area (Å²) in [7, 11) is 1.83. The van der Waals surface area contributed by atoms with Crippen LogP contribution in [-0.4, -0.2) is 17.2 Å². The predicted molar refractivity (Wildman–Crippen MR) is 54.2 cm³/mol. The molecule has 15 heavy (non-hydrogen) atoms. The van der Waals surface area contributed by atoms with E-state index in [-0.39, 0.29) is 0 Å². The van der Waals surface area contributed by atoms with Crippen molar-refractivity contribution in [1.82, 2.24) is 15.5 Å². The number of rotatable bonds is 3. The molecule has 0 spiro atoms. The van der Waals surface area contributed by atoms with Gasteiger partial charge in [0, 0.05) is 5.56 Å². The summed E-state index contributed by atoms with van der Waals surface area (Å²) in [5.41, 5.74) is 1.01. The van der Waals surface area contributed by atoms with E-state index in [2.05, 4.69) is 15.5 Å². The van der Waals surface area contributed by atoms with Crippen LogP contribution in [0.25, 0.3) is 11.7 Å². The third-order valence-corrected chi connectivity index (χ3v) is 2.04. The Morgan fingerprint density at radius 2 is 2.20 bits per heavy atom. The normalized spacial score (nSPS) is 10.9. The molecular weight excluding hydrogens is 194 g/mol. The standard InChI is InChI=1S/C10H13N3O2/c1-6-4-7(2)14-9(6)10-12-8(5-11-3)13-15-10/h4,11H,5H2,1-3H3. The van der Waals surface area contributed by atoms with Crippen molar-refractivity contribution in [1.29, 1.82) is 0 Å². The fraction of sp³-hybridized carbons (Fsp3) is 0.400. The minimum Gasteiger partial charge on any atom is -0.456 e. The van der Waals surface area contributed by atoms with Crippen LogP contribution >= 0.6 is 0 Å². The quantitative estimate of drug-likeness (QED) is 0.829. The molecule has 2 aromatic heterocycles. The monoisotopic (exact) mass is 207 g/mol. The van der Waals surface area contributed by atoms with Crippen molar-refractivity contribution in [3.63, 3.8) is 0 Å². The molecule has 80 valence electrons. The van der Waals surface area contributed by atoms with E-state index in [1.165, 1.54) is 0 Å². The van der Waals surface area contributed by atoms with Crippen molar-refractivity contribution < 1.29 is 8.94 Å². The van der Waals surface area contributed by atoms with Crippen molar-refractivity contribution in [3.8, 4) is 11.7 Å². The van der Waals surface area contributed by atoms with Crippen LogP contribution in [-0.2, 0) is 6.54 Å². The predicted octanol–water partition coefficient (Wildman–Crippen LogP) is 1.67. The number of furan rings is 1. The summed E-state index contributed by atoms with van der Waals surface area (Å²) in [6.07, 6.45) is 0. The molecule has 2 heterocycles. The molecule has 2 rings (SSSR count). The van der Waals surface area contributed by atoms with E-state index in [4.69, 9.17) is 8.94 Å². The van der Waals surface area contributed by atoms with Crippen molar-refractivity contribution in [2.75, 3.05) is 7.05 Å². The van der Waals surface area contributed by atoms with E-state index in [0.29, 0.717) is 24.0 Å². The zero-order valence-electron chi connectivity index (χ0n) is 9.00. The first kappa shape index (κ1) is 9.92. The molecule has 0 saturated heterocycles. The van der Waals surface area contributed by atoms with Gasteiger partial charge in [-0.05, 0) is 27.0 Å². The van der Waals surface area contributed by atoms with E-state index < -0.39 is 0 Å². The second-order valence-corrected chi connectivity index (χ2v) is 3.42. The van der Waals surface area contributed by atoms with Gasteiger partial charge in [0.05, 0.1) is 6.54 Å². The lowest BCUT2D eigenvalue weighted by Crippen LogP contribution is -2.06. The Morgan fingerprint density at radius 3 is 2.80 bits per heavy atom. The number of hydrogen-bond donors (Lipinski definition) is 1. The molecule has 0 aliphatic heterocycles. The van der Waals surface area contributed by atoms with Crippen LogP contribution < -0.4 is 5.32 Å². The maximum atomic E-state index is 5.48. The molecule has 0 fully saturated rings. The van der Waals surface area contributed by atoms with Crippen LogP contribution in [0.5, 0.6) is 0 Å². The van der Waals surface area contributed by atoms with Gasteiger partial charge in [-0.15, -0.1) is 0 Å². The Balaban J connectivity index is 2.32. The highest BCUT2D eigenvalue weighted by atomic mass is 16.5. The van der Waals surface area contributed by atoms with Crippen LogP contribution in [0.3, 0.4) is 0 Å². The number of aryl methyl sites for hydroxylation is 2. The lowest BCUT2D eigenvalue weighted by atomic mass is 10.3. The number of aromatic nitrogens is 2. The van der Waals surface area contributed by atoms with Crippen LogP contribution in [0, 0.1) is 13.8 Å². The molecule has 5 nitrogen and oxygen atoms in total. The van der Waals surface area contributed by atoms with Gasteiger partial charge in [-0.1, -0.05) is 5.16 Å². The van der Waals surface area contributed by atoms with E-state index in [9.17, 15) is 0 Å². The first-order valence-electron chi connectivity index (χ1n) is 4.75. The van der Waals surface area contributed by atoms with E-state index in [1.807, 2.05) is 27.0 Å². The second kappa shape index (κ2) is 3.86. The third kappa shape index (κ3) is 1.92. The first-order chi connectivity index (χ1) is 7.20. The van der Waals surface area contributed by atoms with Crippen LogP contribution in [0.2, 0.25) is 0 Å². The Kier molecular flexibility index (Phi) is 2.55. The average molecular weight is 207 g/mol. The van der Waals surface area contributed by atoms with Gasteiger partial charge in [0.2, 0.25) is 0 Å². The Morgan fingerprint density at radius 1 is 1.40 bits per heavy atom. The molecule has 0 bridgehead atoms. The fourth-order valence-electron chi connectivity index (χ4n) is 1.43. The second-order valence-electron chi connectivity index (χ2n) is 3.42. The summed E-state index contributed by atoms with van der Waals surface area (Å²) in [5, 5.41) is 6.78. The lowest BCUT2D eigenvalue weighted by Gasteiger charge is -1.89. The summed E-state index contributed by atoms with van der Waals surface area (Å²) < 4.78 is 10.6. The van der Waals surface area contributed by atoms with E-state index in [0.717, 1.165) is 11.3 Å². The summed E-state index contributed by atoms with van der Waals surface area (Å²) in [6, 6.07) is 1.94. The SMILES string of the molecule is CNCc1noc(-c2oc(C)cc2C)n1. The zero-order chi connectivity index (χ0) is 10.8. The van der Waals surface area contributed by atoms with Gasteiger partial charge in [0.15, 0.2) is 11.6 Å². The molecule has 0 aromatic carbocycles. The van der Waals surface area contributed by atoms with Crippen LogP contribution in [0.15, 0.2) is 15.0 Å². The Labute approximate surface area is 87.5 Å². The largest absolute Gasteiger partial charge is 0.456 e. The van der Waals surface area contributed by atoms with Gasteiger partial charge in [0.1, 0.15) is 5.76 Å². The Hall–Kier alpha value is -1.62. The highest BCUT2D eigenvalue weighted by Crippen LogP contribution is 2.24. The fourth-order valence-corrected chi connectivity index (χ4v) is 1.43. The van der Waals surface area contributed by atoms with E-state index in [1.54, 1.807) is 0 Å². The summed E-state index contributed by atoms with van der Waals surface area (Å²) >= 11 is 0. The molecular formula is C10H13N3O2. The molecule has 2 aromatic rings. The molecule has 1 N–H and O–H groups in total. The number of nitrogens with zero attached hydrogens (tertiary/aromatic N) is 2. The molecule has 0 aliphatic rings. The number of hydrogen-bond acceptors (Lipinski definition) is 5. The van der Waals surface area contributed by atoms with E-state index >= 15 is 0 Å². The van der Waals surface area contributed by atoms with Gasteiger partial charge >= 0.3 is 0 Å². The van der Waals surface area contributed by atoms with Gasteiger partial charge in [-0.3, -0.25) is 0 Å². The first-order valence-corrected chi connectivity index (χ1v) is 4.75. The average Bonchev–Trinajstić information content (AvgIpc) is 2.73. The highest BCUT2D eigenvalue weighted by molar-refractivity contribution is 5.50. The molecule has 5 heteroatoms. The van der Waals surface area contributed by atoms with Crippen molar-refractivity contribution in [2.24, 2.45) is 0 Å². The molecule has 0 unspecified atom stereocenters. The summed E-state index contributed by atoms with van der Waals surface area (Å²) in [6.45, 7) is 4.43. The van der Waals surface area contributed by atoms with Crippen LogP contribution in [0.4, 0.5) is 0 Å². The summed E-state index contributed by atoms with van der Waals surface area (Å²) in [5.74, 6) is 2.56. The topological polar surface area (TPSA) is 64.1 Å².